The molecule has 188 valence electrons. The van der Waals surface area contributed by atoms with Crippen LogP contribution >= 0.6 is 0 Å². The highest BCUT2D eigenvalue weighted by molar-refractivity contribution is 6.03. The van der Waals surface area contributed by atoms with E-state index in [0.29, 0.717) is 31.9 Å². The number of hydrogen-bond acceptors (Lipinski definition) is 6. The molecule has 3 rings (SSSR count). The third-order valence-corrected chi connectivity index (χ3v) is 5.79. The van der Waals surface area contributed by atoms with Gasteiger partial charge in [-0.05, 0) is 42.3 Å². The van der Waals surface area contributed by atoms with Crippen LogP contribution in [0.1, 0.15) is 36.9 Å². The first-order valence-corrected chi connectivity index (χ1v) is 11.7. The number of benzene rings is 2. The molecule has 1 aliphatic rings. The van der Waals surface area contributed by atoms with Crippen molar-refractivity contribution in [3.63, 3.8) is 0 Å². The molecular weight excluding hydrogens is 448 g/mol. The van der Waals surface area contributed by atoms with Gasteiger partial charge in [-0.2, -0.15) is 5.10 Å². The van der Waals surface area contributed by atoms with Crippen molar-refractivity contribution in [3.8, 4) is 11.5 Å². The molecule has 0 spiro atoms. The number of carbonyl (C=O) groups excluding carboxylic acids is 2. The van der Waals surface area contributed by atoms with E-state index in [4.69, 9.17) is 19.3 Å². The van der Waals surface area contributed by atoms with E-state index in [-0.39, 0.29) is 24.5 Å². The molecule has 2 aromatic carbocycles. The lowest BCUT2D eigenvalue weighted by atomic mass is 9.97. The maximum absolute atomic E-state index is 13.6. The Bertz CT molecular complexity index is 1020. The van der Waals surface area contributed by atoms with Gasteiger partial charge >= 0.3 is 6.03 Å². The molecule has 0 radical (unpaired) electrons. The fraction of sp³-hybridized carbons (Fsp3) is 0.423. The summed E-state index contributed by atoms with van der Waals surface area (Å²) in [5, 5.41) is 9.03. The predicted molar refractivity (Wildman–Crippen MR) is 134 cm³/mol. The van der Waals surface area contributed by atoms with Crippen LogP contribution in [-0.2, 0) is 9.53 Å². The van der Waals surface area contributed by atoms with Crippen LogP contribution in [0.25, 0.3) is 0 Å². The molecule has 0 saturated carbocycles. The van der Waals surface area contributed by atoms with E-state index in [0.717, 1.165) is 29.0 Å². The molecule has 0 aliphatic carbocycles. The van der Waals surface area contributed by atoms with Crippen LogP contribution in [0.4, 0.5) is 4.79 Å². The van der Waals surface area contributed by atoms with Gasteiger partial charge in [0.15, 0.2) is 0 Å². The Morgan fingerprint density at radius 2 is 1.83 bits per heavy atom. The van der Waals surface area contributed by atoms with Crippen molar-refractivity contribution in [2.24, 2.45) is 5.10 Å². The van der Waals surface area contributed by atoms with E-state index < -0.39 is 0 Å². The van der Waals surface area contributed by atoms with Crippen LogP contribution in [0.2, 0.25) is 0 Å². The van der Waals surface area contributed by atoms with Crippen LogP contribution in [0.15, 0.2) is 53.6 Å². The van der Waals surface area contributed by atoms with Gasteiger partial charge in [0.25, 0.3) is 5.91 Å². The second kappa shape index (κ2) is 12.8. The van der Waals surface area contributed by atoms with E-state index in [9.17, 15) is 9.59 Å². The number of urea groups is 1. The van der Waals surface area contributed by atoms with Crippen LogP contribution in [0, 0.1) is 0 Å². The van der Waals surface area contributed by atoms with E-state index in [1.807, 2.05) is 55.5 Å². The van der Waals surface area contributed by atoms with Gasteiger partial charge in [0.1, 0.15) is 18.0 Å². The average Bonchev–Trinajstić information content (AvgIpc) is 3.35. The lowest BCUT2D eigenvalue weighted by Gasteiger charge is -2.27. The maximum atomic E-state index is 13.6. The Morgan fingerprint density at radius 3 is 2.49 bits per heavy atom. The van der Waals surface area contributed by atoms with E-state index in [1.54, 1.807) is 21.3 Å². The van der Waals surface area contributed by atoms with Crippen molar-refractivity contribution in [1.82, 2.24) is 15.2 Å². The maximum Gasteiger partial charge on any atom is 0.317 e. The Kier molecular flexibility index (Phi) is 9.48. The molecule has 1 N–H and O–H groups in total. The summed E-state index contributed by atoms with van der Waals surface area (Å²) >= 11 is 0. The van der Waals surface area contributed by atoms with E-state index in [2.05, 4.69) is 5.32 Å². The lowest BCUT2D eigenvalue weighted by Crippen LogP contribution is -2.47. The van der Waals surface area contributed by atoms with Crippen LogP contribution in [0.3, 0.4) is 0 Å². The van der Waals surface area contributed by atoms with Crippen LogP contribution in [-0.4, -0.2) is 75.1 Å². The second-order valence-corrected chi connectivity index (χ2v) is 8.12. The molecule has 1 unspecified atom stereocenters. The molecule has 9 nitrogen and oxygen atoms in total. The SMILES string of the molecule is CCCNC(=O)N(CCOC)CC(=O)N1N=C(c2ccc(OC)cc2)CC1c1ccccc1OC. The van der Waals surface area contributed by atoms with Gasteiger partial charge in [0, 0.05) is 32.2 Å². The molecule has 0 bridgehead atoms. The minimum absolute atomic E-state index is 0.121. The van der Waals surface area contributed by atoms with Gasteiger partial charge in [0.05, 0.1) is 32.6 Å². The van der Waals surface area contributed by atoms with Crippen molar-refractivity contribution < 1.29 is 23.8 Å². The summed E-state index contributed by atoms with van der Waals surface area (Å²) in [7, 11) is 4.79. The number of methoxy groups -OCH3 is 3. The van der Waals surface area contributed by atoms with Crippen molar-refractivity contribution >= 4 is 17.6 Å². The first kappa shape index (κ1) is 26.0. The van der Waals surface area contributed by atoms with Crippen LogP contribution in [0.5, 0.6) is 11.5 Å². The number of nitrogens with one attached hydrogen (secondary N) is 1. The number of hydrogen-bond donors (Lipinski definition) is 1. The van der Waals surface area contributed by atoms with Gasteiger partial charge in [-0.25, -0.2) is 9.80 Å². The minimum atomic E-state index is -0.362. The molecule has 1 heterocycles. The molecule has 1 aliphatic heterocycles. The Morgan fingerprint density at radius 1 is 1.09 bits per heavy atom. The standard InChI is InChI=1S/C26H34N4O5/c1-5-14-27-26(32)29(15-16-33-2)18-25(31)30-23(21-8-6-7-9-24(21)35-4)17-22(28-30)19-10-12-20(34-3)13-11-19/h6-13,23H,5,14-18H2,1-4H3,(H,27,32). The largest absolute Gasteiger partial charge is 0.497 e. The molecule has 9 heteroatoms. The zero-order chi connectivity index (χ0) is 25.2. The number of para-hydroxylation sites is 1. The van der Waals surface area contributed by atoms with Crippen molar-refractivity contribution in [2.75, 3.05) is 47.6 Å². The first-order valence-electron chi connectivity index (χ1n) is 11.7. The number of amides is 3. The fourth-order valence-electron chi connectivity index (χ4n) is 3.92. The van der Waals surface area contributed by atoms with Crippen molar-refractivity contribution in [2.45, 2.75) is 25.8 Å². The third-order valence-electron chi connectivity index (χ3n) is 5.79. The second-order valence-electron chi connectivity index (χ2n) is 8.12. The zero-order valence-electron chi connectivity index (χ0n) is 20.8. The van der Waals surface area contributed by atoms with Gasteiger partial charge < -0.3 is 24.4 Å². The Labute approximate surface area is 206 Å². The molecule has 0 fully saturated rings. The minimum Gasteiger partial charge on any atom is -0.497 e. The summed E-state index contributed by atoms with van der Waals surface area (Å²) in [6.07, 6.45) is 1.31. The monoisotopic (exact) mass is 482 g/mol. The topological polar surface area (TPSA) is 92.7 Å². The number of hydrazone groups is 1. The molecule has 0 saturated heterocycles. The molecule has 35 heavy (non-hydrogen) atoms. The number of nitrogens with zero attached hydrogens (tertiary/aromatic N) is 3. The van der Waals surface area contributed by atoms with E-state index in [1.165, 1.54) is 9.91 Å². The van der Waals surface area contributed by atoms with Gasteiger partial charge in [0.2, 0.25) is 0 Å². The normalized spacial score (nSPS) is 14.9. The molecule has 2 aromatic rings. The molecular formula is C26H34N4O5. The van der Waals surface area contributed by atoms with Crippen molar-refractivity contribution in [1.29, 1.82) is 0 Å². The summed E-state index contributed by atoms with van der Waals surface area (Å²) in [6, 6.07) is 14.5. The fourth-order valence-corrected chi connectivity index (χ4v) is 3.92. The number of carbonyl (C=O) groups is 2. The summed E-state index contributed by atoms with van der Waals surface area (Å²) in [5.41, 5.74) is 2.53. The zero-order valence-corrected chi connectivity index (χ0v) is 20.8. The number of ether oxygens (including phenoxy) is 3. The molecule has 0 aromatic heterocycles. The molecule has 1 atom stereocenters. The highest BCUT2D eigenvalue weighted by atomic mass is 16.5. The van der Waals surface area contributed by atoms with Gasteiger partial charge in [-0.1, -0.05) is 25.1 Å². The van der Waals surface area contributed by atoms with Crippen LogP contribution < -0.4 is 14.8 Å². The van der Waals surface area contributed by atoms with Crippen molar-refractivity contribution in [3.05, 3.63) is 59.7 Å². The predicted octanol–water partition coefficient (Wildman–Crippen LogP) is 3.45. The highest BCUT2D eigenvalue weighted by Crippen LogP contribution is 2.37. The Balaban J connectivity index is 1.91. The number of rotatable bonds is 11. The summed E-state index contributed by atoms with van der Waals surface area (Å²) in [5.74, 6) is 1.14. The quantitative estimate of drug-likeness (QED) is 0.530. The lowest BCUT2D eigenvalue weighted by molar-refractivity contribution is -0.133. The first-order chi connectivity index (χ1) is 17.0. The van der Waals surface area contributed by atoms with Gasteiger partial charge in [-0.15, -0.1) is 0 Å². The average molecular weight is 483 g/mol. The summed E-state index contributed by atoms with van der Waals surface area (Å²) in [4.78, 5) is 27.7. The molecule has 3 amide bonds. The Hall–Kier alpha value is -3.59. The van der Waals surface area contributed by atoms with Gasteiger partial charge in [-0.3, -0.25) is 4.79 Å². The summed E-state index contributed by atoms with van der Waals surface area (Å²) in [6.45, 7) is 3.00. The van der Waals surface area contributed by atoms with E-state index >= 15 is 0 Å². The smallest absolute Gasteiger partial charge is 0.317 e. The highest BCUT2D eigenvalue weighted by Gasteiger charge is 2.35. The third kappa shape index (κ3) is 6.51. The summed E-state index contributed by atoms with van der Waals surface area (Å²) < 4.78 is 16.0.